The van der Waals surface area contributed by atoms with E-state index in [0.717, 1.165) is 25.7 Å². The number of halogens is 1. The third kappa shape index (κ3) is 5.26. The van der Waals surface area contributed by atoms with Crippen LogP contribution in [0.25, 0.3) is 0 Å². The topological polar surface area (TPSA) is 35.5 Å². The minimum atomic E-state index is -1.57. The SMILES string of the molecule is CCOC(=O)C(F)CC1(SC(=S)OCC)CCCC1. The summed E-state index contributed by atoms with van der Waals surface area (Å²) in [7, 11) is 0. The Morgan fingerprint density at radius 2 is 1.89 bits per heavy atom. The van der Waals surface area contributed by atoms with Crippen molar-refractivity contribution < 1.29 is 18.7 Å². The lowest BCUT2D eigenvalue weighted by Gasteiger charge is -2.28. The van der Waals surface area contributed by atoms with E-state index in [2.05, 4.69) is 0 Å². The molecule has 1 rings (SSSR count). The zero-order chi connectivity index (χ0) is 14.3. The number of carbonyl (C=O) groups is 1. The minimum absolute atomic E-state index is 0.156. The van der Waals surface area contributed by atoms with E-state index in [1.54, 1.807) is 6.92 Å². The van der Waals surface area contributed by atoms with Gasteiger partial charge in [-0.25, -0.2) is 9.18 Å². The maximum absolute atomic E-state index is 13.9. The average Bonchev–Trinajstić information content (AvgIpc) is 2.77. The Bertz CT molecular complexity index is 317. The molecule has 0 aliphatic heterocycles. The summed E-state index contributed by atoms with van der Waals surface area (Å²) in [5.41, 5.74) is 0. The molecule has 6 heteroatoms. The van der Waals surface area contributed by atoms with E-state index in [1.165, 1.54) is 11.8 Å². The summed E-state index contributed by atoms with van der Waals surface area (Å²) >= 11 is 6.54. The Hall–Kier alpha value is -0.360. The number of thioether (sulfide) groups is 1. The average molecular weight is 308 g/mol. The van der Waals surface area contributed by atoms with Gasteiger partial charge in [-0.2, -0.15) is 0 Å². The van der Waals surface area contributed by atoms with Gasteiger partial charge in [-0.05, 0) is 38.9 Å². The number of thiocarbonyl (C=S) groups is 1. The molecule has 0 heterocycles. The molecule has 0 saturated heterocycles. The van der Waals surface area contributed by atoms with Gasteiger partial charge < -0.3 is 9.47 Å². The predicted octanol–water partition coefficient (Wildman–Crippen LogP) is 3.65. The standard InChI is InChI=1S/C13H21FO3S2/c1-3-16-11(15)10(14)9-13(7-5-6-8-13)19-12(18)17-4-2/h10H,3-9H2,1-2H3. The first-order valence-electron chi connectivity index (χ1n) is 6.69. The van der Waals surface area contributed by atoms with Crippen molar-refractivity contribution >= 4 is 34.3 Å². The summed E-state index contributed by atoms with van der Waals surface area (Å²) in [5.74, 6) is -0.767. The van der Waals surface area contributed by atoms with Crippen molar-refractivity contribution in [3.05, 3.63) is 0 Å². The molecule has 0 aromatic heterocycles. The molecule has 1 atom stereocenters. The van der Waals surface area contributed by atoms with Crippen LogP contribution in [0.3, 0.4) is 0 Å². The molecular formula is C13H21FO3S2. The molecule has 0 aromatic carbocycles. The number of hydrogen-bond donors (Lipinski definition) is 0. The molecule has 0 spiro atoms. The summed E-state index contributed by atoms with van der Waals surface area (Å²) in [6.45, 7) is 4.26. The van der Waals surface area contributed by atoms with Gasteiger partial charge in [0.1, 0.15) is 0 Å². The molecular weight excluding hydrogens is 287 g/mol. The third-order valence-corrected chi connectivity index (χ3v) is 4.83. The van der Waals surface area contributed by atoms with Crippen molar-refractivity contribution in [3.8, 4) is 0 Å². The Labute approximate surface area is 123 Å². The lowest BCUT2D eigenvalue weighted by molar-refractivity contribution is -0.149. The molecule has 1 unspecified atom stereocenters. The van der Waals surface area contributed by atoms with E-state index >= 15 is 0 Å². The lowest BCUT2D eigenvalue weighted by Crippen LogP contribution is -2.32. The number of carbonyl (C=O) groups excluding carboxylic acids is 1. The van der Waals surface area contributed by atoms with E-state index in [-0.39, 0.29) is 17.8 Å². The fraction of sp³-hybridized carbons (Fsp3) is 0.846. The molecule has 110 valence electrons. The zero-order valence-electron chi connectivity index (χ0n) is 11.4. The van der Waals surface area contributed by atoms with Crippen LogP contribution < -0.4 is 0 Å². The summed E-state index contributed by atoms with van der Waals surface area (Å²) in [4.78, 5) is 11.4. The Kier molecular flexibility index (Phi) is 7.07. The number of alkyl halides is 1. The highest BCUT2D eigenvalue weighted by atomic mass is 32.2. The fourth-order valence-electron chi connectivity index (χ4n) is 2.33. The van der Waals surface area contributed by atoms with E-state index < -0.39 is 12.1 Å². The molecule has 1 aliphatic rings. The largest absolute Gasteiger partial charge is 0.479 e. The molecule has 19 heavy (non-hydrogen) atoms. The van der Waals surface area contributed by atoms with Gasteiger partial charge >= 0.3 is 5.97 Å². The smallest absolute Gasteiger partial charge is 0.340 e. The normalized spacial score (nSPS) is 18.9. The molecule has 0 aromatic rings. The van der Waals surface area contributed by atoms with Gasteiger partial charge in [0.25, 0.3) is 0 Å². The maximum Gasteiger partial charge on any atom is 0.340 e. The van der Waals surface area contributed by atoms with E-state index in [1.807, 2.05) is 6.92 Å². The first-order chi connectivity index (χ1) is 9.03. The maximum atomic E-state index is 13.9. The van der Waals surface area contributed by atoms with Crippen molar-refractivity contribution in [3.63, 3.8) is 0 Å². The van der Waals surface area contributed by atoms with E-state index in [0.29, 0.717) is 11.0 Å². The van der Waals surface area contributed by atoms with Gasteiger partial charge in [0.15, 0.2) is 6.17 Å². The predicted molar refractivity (Wildman–Crippen MR) is 79.2 cm³/mol. The number of rotatable bonds is 6. The van der Waals surface area contributed by atoms with Crippen LogP contribution in [0.2, 0.25) is 0 Å². The van der Waals surface area contributed by atoms with Gasteiger partial charge in [-0.15, -0.1) is 0 Å². The highest BCUT2D eigenvalue weighted by molar-refractivity contribution is 8.23. The molecule has 3 nitrogen and oxygen atoms in total. The van der Waals surface area contributed by atoms with Gasteiger partial charge in [0.2, 0.25) is 4.38 Å². The molecule has 0 radical (unpaired) electrons. The van der Waals surface area contributed by atoms with Crippen LogP contribution in [0.1, 0.15) is 46.0 Å². The second-order valence-electron chi connectivity index (χ2n) is 4.60. The number of hydrogen-bond acceptors (Lipinski definition) is 5. The second kappa shape index (κ2) is 8.04. The molecule has 1 saturated carbocycles. The fourth-order valence-corrected chi connectivity index (χ4v) is 4.23. The highest BCUT2D eigenvalue weighted by Gasteiger charge is 2.40. The summed E-state index contributed by atoms with van der Waals surface area (Å²) in [6.07, 6.45) is 2.39. The van der Waals surface area contributed by atoms with E-state index in [9.17, 15) is 9.18 Å². The van der Waals surface area contributed by atoms with Crippen molar-refractivity contribution in [1.29, 1.82) is 0 Å². The van der Waals surface area contributed by atoms with Crippen molar-refractivity contribution in [2.75, 3.05) is 13.2 Å². The molecule has 0 bridgehead atoms. The van der Waals surface area contributed by atoms with Crippen LogP contribution in [-0.2, 0) is 14.3 Å². The zero-order valence-corrected chi connectivity index (χ0v) is 13.1. The third-order valence-electron chi connectivity index (χ3n) is 3.17. The highest BCUT2D eigenvalue weighted by Crippen LogP contribution is 2.46. The lowest BCUT2D eigenvalue weighted by atomic mass is 9.99. The van der Waals surface area contributed by atoms with Crippen LogP contribution in [0.5, 0.6) is 0 Å². The van der Waals surface area contributed by atoms with Crippen LogP contribution in [0.15, 0.2) is 0 Å². The van der Waals surface area contributed by atoms with Crippen LogP contribution >= 0.6 is 24.0 Å². The van der Waals surface area contributed by atoms with Crippen LogP contribution in [0, 0.1) is 0 Å². The first-order valence-corrected chi connectivity index (χ1v) is 7.92. The van der Waals surface area contributed by atoms with Crippen LogP contribution in [-0.4, -0.2) is 34.5 Å². The Morgan fingerprint density at radius 1 is 1.32 bits per heavy atom. The van der Waals surface area contributed by atoms with E-state index in [4.69, 9.17) is 21.7 Å². The van der Waals surface area contributed by atoms with Crippen molar-refractivity contribution in [2.45, 2.75) is 56.9 Å². The minimum Gasteiger partial charge on any atom is -0.479 e. The van der Waals surface area contributed by atoms with Crippen molar-refractivity contribution in [1.82, 2.24) is 0 Å². The Morgan fingerprint density at radius 3 is 2.42 bits per heavy atom. The second-order valence-corrected chi connectivity index (χ2v) is 6.67. The first kappa shape index (κ1) is 16.7. The summed E-state index contributed by atoms with van der Waals surface area (Å²) in [6, 6.07) is 0. The summed E-state index contributed by atoms with van der Waals surface area (Å²) in [5, 5.41) is 0. The van der Waals surface area contributed by atoms with Gasteiger partial charge in [-0.1, -0.05) is 24.6 Å². The molecule has 1 aliphatic carbocycles. The number of esters is 1. The monoisotopic (exact) mass is 308 g/mol. The quantitative estimate of drug-likeness (QED) is 0.553. The van der Waals surface area contributed by atoms with Crippen LogP contribution in [0.4, 0.5) is 4.39 Å². The Balaban J connectivity index is 2.61. The molecule has 0 amide bonds. The van der Waals surface area contributed by atoms with Gasteiger partial charge in [-0.3, -0.25) is 0 Å². The van der Waals surface area contributed by atoms with Crippen molar-refractivity contribution in [2.24, 2.45) is 0 Å². The molecule has 0 N–H and O–H groups in total. The summed E-state index contributed by atoms with van der Waals surface area (Å²) < 4.78 is 24.1. The van der Waals surface area contributed by atoms with Gasteiger partial charge in [0, 0.05) is 11.2 Å². The van der Waals surface area contributed by atoms with Gasteiger partial charge in [0.05, 0.1) is 13.2 Å². The molecule has 1 fully saturated rings. The number of ether oxygens (including phenoxy) is 2.